The van der Waals surface area contributed by atoms with Gasteiger partial charge in [-0.2, -0.15) is 0 Å². The molecule has 2 aliphatic carbocycles. The van der Waals surface area contributed by atoms with Crippen molar-refractivity contribution >= 4 is 17.4 Å². The summed E-state index contributed by atoms with van der Waals surface area (Å²) >= 11 is 0. The summed E-state index contributed by atoms with van der Waals surface area (Å²) in [5.74, 6) is 1.62. The molecule has 2 heterocycles. The minimum Gasteiger partial charge on any atom is -0.383 e. The number of nitrogens with zero attached hydrogens (tertiary/aromatic N) is 5. The highest BCUT2D eigenvalue weighted by Crippen LogP contribution is 2.61. The van der Waals surface area contributed by atoms with Crippen LogP contribution < -0.4 is 5.73 Å². The molecule has 0 aromatic heterocycles. The van der Waals surface area contributed by atoms with E-state index in [0.29, 0.717) is 35.6 Å². The zero-order valence-electron chi connectivity index (χ0n) is 26.0. The molecule has 234 valence electrons. The Morgan fingerprint density at radius 2 is 1.77 bits per heavy atom. The van der Waals surface area contributed by atoms with Crippen LogP contribution in [0.25, 0.3) is 0 Å². The average molecular weight is 601 g/mol. The van der Waals surface area contributed by atoms with Gasteiger partial charge in [-0.15, -0.1) is 0 Å². The summed E-state index contributed by atoms with van der Waals surface area (Å²) in [4.78, 5) is 17.8. The zero-order valence-corrected chi connectivity index (χ0v) is 26.0. The number of halogens is 4. The summed E-state index contributed by atoms with van der Waals surface area (Å²) in [5.41, 5.74) is 8.19. The summed E-state index contributed by atoms with van der Waals surface area (Å²) in [6.07, 6.45) is 8.72. The molecule has 4 rings (SSSR count). The van der Waals surface area contributed by atoms with Gasteiger partial charge < -0.3 is 15.5 Å². The topological polar surface area (TPSA) is 69.6 Å². The molecule has 0 radical (unpaired) electrons. The molecule has 10 heteroatoms. The third kappa shape index (κ3) is 7.04. The molecule has 0 amide bonds. The second kappa shape index (κ2) is 12.7. The fraction of sp³-hybridized carbons (Fsp3) is 0.545. The molecular weight excluding hydrogens is 556 g/mol. The van der Waals surface area contributed by atoms with Gasteiger partial charge in [0.2, 0.25) is 6.43 Å². The van der Waals surface area contributed by atoms with Crippen molar-refractivity contribution in [2.24, 2.45) is 37.5 Å². The summed E-state index contributed by atoms with van der Waals surface area (Å²) in [6.45, 7) is 13.9. The van der Waals surface area contributed by atoms with Crippen LogP contribution in [0.4, 0.5) is 17.6 Å². The third-order valence-electron chi connectivity index (χ3n) is 8.89. The molecule has 1 unspecified atom stereocenters. The standard InChI is InChI=1S/C33H44F4N6/c1-8-23(29-41-30(42(29)7)24-11-12-24)14-26(22(5)27(34)35)40-28(38)20(3)15-39-21(4)10-13-25(9-2)43-18-33(19-43)16-32(6,17-33)31(36)37/h8-10,13-15,24,27,29,31H,1,11-12,16-19H2,2-7H3,(H2,38,40)/b13-10-,20-15+,23-14+,25-9+,26-22-,39-21+. The van der Waals surface area contributed by atoms with Crippen LogP contribution in [0, 0.1) is 16.7 Å². The molecule has 0 aromatic rings. The van der Waals surface area contributed by atoms with Gasteiger partial charge in [0, 0.05) is 65.6 Å². The fourth-order valence-electron chi connectivity index (χ4n) is 6.25. The predicted molar refractivity (Wildman–Crippen MR) is 167 cm³/mol. The van der Waals surface area contributed by atoms with Gasteiger partial charge in [-0.05, 0) is 77.2 Å². The van der Waals surface area contributed by atoms with Gasteiger partial charge in [0.15, 0.2) is 0 Å². The van der Waals surface area contributed by atoms with E-state index in [1.807, 2.05) is 39.1 Å². The van der Waals surface area contributed by atoms with Crippen molar-refractivity contribution < 1.29 is 17.6 Å². The Bertz CT molecular complexity index is 1340. The number of amidine groups is 2. The van der Waals surface area contributed by atoms with Crippen LogP contribution in [-0.2, 0) is 0 Å². The lowest BCUT2D eigenvalue weighted by atomic mass is 9.50. The first-order chi connectivity index (χ1) is 20.2. The molecule has 3 fully saturated rings. The molecular formula is C33H44F4N6. The van der Waals surface area contributed by atoms with Crippen molar-refractivity contribution in [2.75, 3.05) is 20.1 Å². The summed E-state index contributed by atoms with van der Waals surface area (Å²) < 4.78 is 54.0. The molecule has 2 N–H and O–H groups in total. The van der Waals surface area contributed by atoms with Crippen molar-refractivity contribution in [3.63, 3.8) is 0 Å². The number of aliphatic imine (C=N–C) groups is 3. The second-order valence-electron chi connectivity index (χ2n) is 12.8. The van der Waals surface area contributed by atoms with Crippen LogP contribution in [0.2, 0.25) is 0 Å². The van der Waals surface area contributed by atoms with Crippen molar-refractivity contribution in [3.8, 4) is 0 Å². The van der Waals surface area contributed by atoms with Crippen molar-refractivity contribution in [1.29, 1.82) is 0 Å². The maximum absolute atomic E-state index is 13.7. The smallest absolute Gasteiger partial charge is 0.262 e. The van der Waals surface area contributed by atoms with Crippen LogP contribution in [-0.4, -0.2) is 66.3 Å². The van der Waals surface area contributed by atoms with E-state index in [4.69, 9.17) is 5.73 Å². The van der Waals surface area contributed by atoms with Gasteiger partial charge in [-0.1, -0.05) is 25.7 Å². The first kappa shape index (κ1) is 32.5. The highest BCUT2D eigenvalue weighted by Gasteiger charge is 2.61. The van der Waals surface area contributed by atoms with Gasteiger partial charge in [-0.3, -0.25) is 4.99 Å². The molecule has 1 spiro atoms. The SMILES string of the molecule is C=C\C(=C/C(/N=C(N)/C(C)=C/N=C(C)/C=C\C(=C/C)N1CC2(C1)CC(C)(C(F)F)C2)=C(\C)C(F)F)C1N=C(C2CC2)N1C. The number of allylic oxidation sites excluding steroid dienone is 5. The Labute approximate surface area is 252 Å². The molecule has 1 atom stereocenters. The molecule has 43 heavy (non-hydrogen) atoms. The molecule has 2 aliphatic heterocycles. The maximum Gasteiger partial charge on any atom is 0.262 e. The summed E-state index contributed by atoms with van der Waals surface area (Å²) in [6, 6.07) is 0. The summed E-state index contributed by atoms with van der Waals surface area (Å²) in [7, 11) is 1.95. The minimum atomic E-state index is -2.70. The first-order valence-corrected chi connectivity index (χ1v) is 14.8. The Morgan fingerprint density at radius 1 is 1.12 bits per heavy atom. The van der Waals surface area contributed by atoms with Gasteiger partial charge in [0.1, 0.15) is 17.8 Å². The van der Waals surface area contributed by atoms with Crippen molar-refractivity contribution in [2.45, 2.75) is 79.3 Å². The van der Waals surface area contributed by atoms with Crippen LogP contribution in [0.5, 0.6) is 0 Å². The van der Waals surface area contributed by atoms with Gasteiger partial charge >= 0.3 is 0 Å². The Morgan fingerprint density at radius 3 is 2.28 bits per heavy atom. The number of likely N-dealkylation sites (N-methyl/N-ethyl adjacent to an activating group) is 1. The van der Waals surface area contributed by atoms with E-state index in [1.165, 1.54) is 6.92 Å². The van der Waals surface area contributed by atoms with Gasteiger partial charge in [-0.25, -0.2) is 27.5 Å². The molecule has 6 nitrogen and oxygen atoms in total. The number of alkyl halides is 4. The van der Waals surface area contributed by atoms with E-state index in [2.05, 4.69) is 31.4 Å². The Kier molecular flexibility index (Phi) is 9.57. The maximum atomic E-state index is 13.7. The lowest BCUT2D eigenvalue weighted by Crippen LogP contribution is -2.65. The predicted octanol–water partition coefficient (Wildman–Crippen LogP) is 7.27. The van der Waals surface area contributed by atoms with E-state index in [0.717, 1.165) is 37.5 Å². The average Bonchev–Trinajstić information content (AvgIpc) is 3.76. The summed E-state index contributed by atoms with van der Waals surface area (Å²) in [5, 5.41) is 0. The van der Waals surface area contributed by atoms with Crippen LogP contribution in [0.15, 0.2) is 86.2 Å². The Balaban J connectivity index is 1.42. The normalized spacial score (nSPS) is 25.2. The quantitative estimate of drug-likeness (QED) is 0.111. The number of likely N-dealkylation sites (tertiary alicyclic amines) is 1. The van der Waals surface area contributed by atoms with E-state index in [1.54, 1.807) is 32.2 Å². The number of hydrogen-bond acceptors (Lipinski definition) is 5. The first-order valence-electron chi connectivity index (χ1n) is 14.8. The number of hydrogen-bond donors (Lipinski definition) is 1. The van der Waals surface area contributed by atoms with E-state index < -0.39 is 18.3 Å². The fourth-order valence-corrected chi connectivity index (χ4v) is 6.25. The van der Waals surface area contributed by atoms with Crippen molar-refractivity contribution in [1.82, 2.24) is 9.80 Å². The van der Waals surface area contributed by atoms with E-state index in [-0.39, 0.29) is 28.7 Å². The number of rotatable bonds is 12. The number of nitrogens with two attached hydrogens (primary N) is 1. The molecule has 4 aliphatic rings. The third-order valence-corrected chi connectivity index (χ3v) is 8.89. The second-order valence-corrected chi connectivity index (χ2v) is 12.8. The van der Waals surface area contributed by atoms with E-state index in [9.17, 15) is 17.6 Å². The molecule has 0 bridgehead atoms. The van der Waals surface area contributed by atoms with E-state index >= 15 is 0 Å². The van der Waals surface area contributed by atoms with Crippen LogP contribution in [0.1, 0.15) is 60.3 Å². The minimum absolute atomic E-state index is 0.00524. The Hall–Kier alpha value is -3.43. The zero-order chi connectivity index (χ0) is 31.7. The van der Waals surface area contributed by atoms with Gasteiger partial charge in [0.25, 0.3) is 6.43 Å². The molecule has 1 saturated heterocycles. The lowest BCUT2D eigenvalue weighted by Gasteiger charge is -2.64. The monoisotopic (exact) mass is 600 g/mol. The van der Waals surface area contributed by atoms with Crippen molar-refractivity contribution in [3.05, 3.63) is 71.3 Å². The van der Waals surface area contributed by atoms with Crippen LogP contribution >= 0.6 is 0 Å². The van der Waals surface area contributed by atoms with Gasteiger partial charge in [0.05, 0.1) is 5.70 Å². The highest BCUT2D eigenvalue weighted by molar-refractivity contribution is 5.98. The van der Waals surface area contributed by atoms with Crippen LogP contribution in [0.3, 0.4) is 0 Å². The molecule has 2 saturated carbocycles. The molecule has 0 aromatic carbocycles. The lowest BCUT2D eigenvalue weighted by molar-refractivity contribution is -0.178. The largest absolute Gasteiger partial charge is 0.383 e. The highest BCUT2D eigenvalue weighted by atomic mass is 19.3.